The van der Waals surface area contributed by atoms with E-state index in [9.17, 15) is 4.79 Å². The number of hydrogen-bond acceptors (Lipinski definition) is 4. The molecule has 0 bridgehead atoms. The molecule has 0 spiro atoms. The molecule has 0 saturated heterocycles. The van der Waals surface area contributed by atoms with Crippen molar-refractivity contribution in [1.82, 2.24) is 14.8 Å². The first-order valence-electron chi connectivity index (χ1n) is 7.02. The molecule has 23 heavy (non-hydrogen) atoms. The molecular formula is C16H15ClN4OS. The van der Waals surface area contributed by atoms with Gasteiger partial charge in [0.25, 0.3) is 5.91 Å². The molecule has 1 amide bonds. The quantitative estimate of drug-likeness (QED) is 0.774. The van der Waals surface area contributed by atoms with Gasteiger partial charge in [0.15, 0.2) is 0 Å². The molecular weight excluding hydrogens is 332 g/mol. The van der Waals surface area contributed by atoms with Crippen LogP contribution in [0.5, 0.6) is 0 Å². The lowest BCUT2D eigenvalue weighted by Gasteiger charge is -2.04. The van der Waals surface area contributed by atoms with Crippen molar-refractivity contribution in [2.75, 3.05) is 5.32 Å². The normalized spacial score (nSPS) is 10.8. The predicted octanol–water partition coefficient (Wildman–Crippen LogP) is 4.16. The summed E-state index contributed by atoms with van der Waals surface area (Å²) in [5, 5.41) is 8.51. The molecule has 0 fully saturated rings. The maximum atomic E-state index is 12.5. The molecule has 118 valence electrons. The smallest absolute Gasteiger partial charge is 0.267 e. The zero-order chi connectivity index (χ0) is 16.6. The minimum Gasteiger partial charge on any atom is -0.321 e. The number of rotatable bonds is 3. The van der Waals surface area contributed by atoms with Crippen LogP contribution in [-0.4, -0.2) is 20.7 Å². The Hall–Kier alpha value is -2.18. The van der Waals surface area contributed by atoms with E-state index in [0.717, 1.165) is 11.4 Å². The van der Waals surface area contributed by atoms with Crippen molar-refractivity contribution in [3.8, 4) is 5.13 Å². The summed E-state index contributed by atoms with van der Waals surface area (Å²) in [5.74, 6) is -0.199. The van der Waals surface area contributed by atoms with Crippen LogP contribution in [0.1, 0.15) is 26.8 Å². The molecule has 0 aliphatic rings. The number of halogens is 1. The largest absolute Gasteiger partial charge is 0.321 e. The number of benzene rings is 1. The van der Waals surface area contributed by atoms with Gasteiger partial charge in [-0.3, -0.25) is 4.79 Å². The molecule has 0 aliphatic heterocycles. The summed E-state index contributed by atoms with van der Waals surface area (Å²) in [6, 6.07) is 9.02. The lowest BCUT2D eigenvalue weighted by molar-refractivity contribution is 0.103. The molecule has 5 nitrogen and oxygen atoms in total. The van der Waals surface area contributed by atoms with Gasteiger partial charge >= 0.3 is 0 Å². The Balaban J connectivity index is 1.89. The SMILES string of the molecule is Cc1cc(C)n(-c2nc(C)c(C(=O)Nc3cccc(Cl)c3)s2)n1. The van der Waals surface area contributed by atoms with Gasteiger partial charge in [-0.05, 0) is 45.0 Å². The Morgan fingerprint density at radius 1 is 1.26 bits per heavy atom. The molecule has 3 rings (SSSR count). The molecule has 7 heteroatoms. The van der Waals surface area contributed by atoms with Gasteiger partial charge in [0, 0.05) is 16.4 Å². The second-order valence-corrected chi connectivity index (χ2v) is 6.63. The number of nitrogens with one attached hydrogen (secondary N) is 1. The Bertz CT molecular complexity index is 884. The van der Waals surface area contributed by atoms with Crippen molar-refractivity contribution in [2.45, 2.75) is 20.8 Å². The fraction of sp³-hybridized carbons (Fsp3) is 0.188. The van der Waals surface area contributed by atoms with E-state index in [1.54, 1.807) is 28.9 Å². The fourth-order valence-corrected chi connectivity index (χ4v) is 3.42. The van der Waals surface area contributed by atoms with E-state index in [1.807, 2.05) is 26.8 Å². The number of aromatic nitrogens is 3. The minimum atomic E-state index is -0.199. The Morgan fingerprint density at radius 3 is 2.70 bits per heavy atom. The van der Waals surface area contributed by atoms with Crippen molar-refractivity contribution in [1.29, 1.82) is 0 Å². The average Bonchev–Trinajstić information content (AvgIpc) is 3.01. The van der Waals surface area contributed by atoms with E-state index in [-0.39, 0.29) is 5.91 Å². The van der Waals surface area contributed by atoms with Gasteiger partial charge in [0.1, 0.15) is 4.88 Å². The molecule has 1 aromatic carbocycles. The molecule has 0 saturated carbocycles. The topological polar surface area (TPSA) is 59.8 Å². The highest BCUT2D eigenvalue weighted by Gasteiger charge is 2.18. The van der Waals surface area contributed by atoms with Crippen LogP contribution in [0.25, 0.3) is 5.13 Å². The van der Waals surface area contributed by atoms with Gasteiger partial charge in [0.05, 0.1) is 11.4 Å². The Labute approximate surface area is 142 Å². The molecule has 0 atom stereocenters. The van der Waals surface area contributed by atoms with Crippen molar-refractivity contribution >= 4 is 34.5 Å². The molecule has 3 aromatic rings. The lowest BCUT2D eigenvalue weighted by atomic mass is 10.3. The van der Waals surface area contributed by atoms with Crippen LogP contribution in [-0.2, 0) is 0 Å². The van der Waals surface area contributed by atoms with Gasteiger partial charge in [-0.25, -0.2) is 9.67 Å². The third kappa shape index (κ3) is 3.28. The summed E-state index contributed by atoms with van der Waals surface area (Å²) in [5.41, 5.74) is 3.23. The molecule has 0 radical (unpaired) electrons. The summed E-state index contributed by atoms with van der Waals surface area (Å²) in [4.78, 5) is 17.5. The summed E-state index contributed by atoms with van der Waals surface area (Å²) < 4.78 is 1.75. The molecule has 2 aromatic heterocycles. The lowest BCUT2D eigenvalue weighted by Crippen LogP contribution is -2.11. The molecule has 0 unspecified atom stereocenters. The molecule has 2 heterocycles. The van der Waals surface area contributed by atoms with E-state index in [1.165, 1.54) is 11.3 Å². The van der Waals surface area contributed by atoms with Crippen LogP contribution in [0.15, 0.2) is 30.3 Å². The summed E-state index contributed by atoms with van der Waals surface area (Å²) >= 11 is 7.25. The average molecular weight is 347 g/mol. The first kappa shape index (κ1) is 15.7. The number of hydrogen-bond donors (Lipinski definition) is 1. The van der Waals surface area contributed by atoms with Crippen LogP contribution in [0.4, 0.5) is 5.69 Å². The maximum Gasteiger partial charge on any atom is 0.267 e. The maximum absolute atomic E-state index is 12.5. The van der Waals surface area contributed by atoms with Crippen LogP contribution < -0.4 is 5.32 Å². The number of anilines is 1. The highest BCUT2D eigenvalue weighted by molar-refractivity contribution is 7.16. The van der Waals surface area contributed by atoms with Crippen LogP contribution in [0, 0.1) is 20.8 Å². The highest BCUT2D eigenvalue weighted by Crippen LogP contribution is 2.24. The Kier molecular flexibility index (Phi) is 4.19. The number of thiazole rings is 1. The van der Waals surface area contributed by atoms with Gasteiger partial charge < -0.3 is 5.32 Å². The summed E-state index contributed by atoms with van der Waals surface area (Å²) in [6.07, 6.45) is 0. The minimum absolute atomic E-state index is 0.199. The number of aryl methyl sites for hydroxylation is 3. The highest BCUT2D eigenvalue weighted by atomic mass is 35.5. The summed E-state index contributed by atoms with van der Waals surface area (Å²) in [7, 11) is 0. The summed E-state index contributed by atoms with van der Waals surface area (Å²) in [6.45, 7) is 5.71. The van der Waals surface area contributed by atoms with E-state index >= 15 is 0 Å². The molecule has 0 aliphatic carbocycles. The molecule has 1 N–H and O–H groups in total. The van der Waals surface area contributed by atoms with E-state index in [4.69, 9.17) is 11.6 Å². The van der Waals surface area contributed by atoms with Gasteiger partial charge in [0.2, 0.25) is 5.13 Å². The van der Waals surface area contributed by atoms with Gasteiger partial charge in [-0.2, -0.15) is 5.10 Å². The Morgan fingerprint density at radius 2 is 2.04 bits per heavy atom. The first-order valence-corrected chi connectivity index (χ1v) is 8.21. The van der Waals surface area contributed by atoms with E-state index in [2.05, 4.69) is 15.4 Å². The van der Waals surface area contributed by atoms with Gasteiger partial charge in [-0.1, -0.05) is 29.0 Å². The van der Waals surface area contributed by atoms with Crippen molar-refractivity contribution in [2.24, 2.45) is 0 Å². The van der Waals surface area contributed by atoms with Gasteiger partial charge in [-0.15, -0.1) is 0 Å². The number of carbonyl (C=O) groups is 1. The van der Waals surface area contributed by atoms with Crippen molar-refractivity contribution in [3.05, 3.63) is 57.3 Å². The second-order valence-electron chi connectivity index (χ2n) is 5.21. The zero-order valence-electron chi connectivity index (χ0n) is 12.9. The van der Waals surface area contributed by atoms with Crippen molar-refractivity contribution in [3.63, 3.8) is 0 Å². The monoisotopic (exact) mass is 346 g/mol. The van der Waals surface area contributed by atoms with Crippen molar-refractivity contribution < 1.29 is 4.79 Å². The number of carbonyl (C=O) groups excluding carboxylic acids is 1. The number of amides is 1. The zero-order valence-corrected chi connectivity index (χ0v) is 14.5. The first-order chi connectivity index (χ1) is 10.9. The van der Waals surface area contributed by atoms with Crippen LogP contribution in [0.2, 0.25) is 5.02 Å². The van der Waals surface area contributed by atoms with Crippen LogP contribution >= 0.6 is 22.9 Å². The standard InChI is InChI=1S/C16H15ClN4OS/c1-9-7-10(2)21(20-9)16-18-11(3)14(23-16)15(22)19-13-6-4-5-12(17)8-13/h4-8H,1-3H3,(H,19,22). The van der Waals surface area contributed by atoms with Crippen LogP contribution in [0.3, 0.4) is 0 Å². The fourth-order valence-electron chi connectivity index (χ4n) is 2.26. The van der Waals surface area contributed by atoms with E-state index in [0.29, 0.717) is 26.4 Å². The van der Waals surface area contributed by atoms with E-state index < -0.39 is 0 Å². The third-order valence-electron chi connectivity index (χ3n) is 3.26. The second kappa shape index (κ2) is 6.14. The number of nitrogens with zero attached hydrogens (tertiary/aromatic N) is 3. The third-order valence-corrected chi connectivity index (χ3v) is 4.63. The predicted molar refractivity (Wildman–Crippen MR) is 92.9 cm³/mol.